The Kier molecular flexibility index (Phi) is 4.23. The molecule has 0 amide bonds. The summed E-state index contributed by atoms with van der Waals surface area (Å²) in [5.74, 6) is 0. The normalized spacial score (nSPS) is 25.3. The van der Waals surface area contributed by atoms with Gasteiger partial charge >= 0.3 is 0 Å². The Hall–Kier alpha value is -1.38. The lowest BCUT2D eigenvalue weighted by Gasteiger charge is -2.39. The molecule has 0 aromatic heterocycles. The van der Waals surface area contributed by atoms with Crippen LogP contribution in [0.4, 0.5) is 0 Å². The highest BCUT2D eigenvalue weighted by Gasteiger charge is 2.44. The largest absolute Gasteiger partial charge is 0.320 e. The Morgan fingerprint density at radius 2 is 1.95 bits per heavy atom. The molecule has 1 aromatic carbocycles. The van der Waals surface area contributed by atoms with E-state index in [4.69, 9.17) is 5.73 Å². The third-order valence-corrected chi connectivity index (χ3v) is 4.28. The molecule has 2 unspecified atom stereocenters. The van der Waals surface area contributed by atoms with E-state index in [0.29, 0.717) is 6.04 Å². The van der Waals surface area contributed by atoms with E-state index in [1.54, 1.807) is 0 Å². The Morgan fingerprint density at radius 1 is 1.32 bits per heavy atom. The molecule has 0 saturated heterocycles. The first-order valence-corrected chi connectivity index (χ1v) is 7.00. The summed E-state index contributed by atoms with van der Waals surface area (Å²) in [5, 5.41) is 0. The van der Waals surface area contributed by atoms with Gasteiger partial charge in [-0.15, -0.1) is 13.2 Å². The van der Waals surface area contributed by atoms with E-state index >= 15 is 0 Å². The average molecular weight is 256 g/mol. The summed E-state index contributed by atoms with van der Waals surface area (Å²) >= 11 is 0. The van der Waals surface area contributed by atoms with Crippen molar-refractivity contribution in [2.24, 2.45) is 5.73 Å². The summed E-state index contributed by atoms with van der Waals surface area (Å²) in [7, 11) is 0. The van der Waals surface area contributed by atoms with Crippen LogP contribution in [0.1, 0.15) is 24.5 Å². The van der Waals surface area contributed by atoms with Crippen molar-refractivity contribution in [1.82, 2.24) is 4.90 Å². The minimum absolute atomic E-state index is 0.261. The van der Waals surface area contributed by atoms with Gasteiger partial charge in [-0.05, 0) is 24.0 Å². The summed E-state index contributed by atoms with van der Waals surface area (Å²) in [4.78, 5) is 2.38. The zero-order valence-electron chi connectivity index (χ0n) is 11.8. The highest BCUT2D eigenvalue weighted by molar-refractivity contribution is 5.41. The number of nitrogens with zero attached hydrogens (tertiary/aromatic N) is 1. The molecule has 0 aliphatic heterocycles. The van der Waals surface area contributed by atoms with Crippen molar-refractivity contribution < 1.29 is 0 Å². The van der Waals surface area contributed by atoms with Crippen molar-refractivity contribution in [3.8, 4) is 0 Å². The SMILES string of the molecule is C=CCN(CC=C)C1Cc2ccccc2C1(N)CC. The number of benzene rings is 1. The molecule has 0 spiro atoms. The van der Waals surface area contributed by atoms with Crippen LogP contribution in [-0.2, 0) is 12.0 Å². The highest BCUT2D eigenvalue weighted by Crippen LogP contribution is 2.40. The van der Waals surface area contributed by atoms with Gasteiger partial charge in [-0.25, -0.2) is 0 Å². The fourth-order valence-corrected chi connectivity index (χ4v) is 3.26. The molecule has 2 atom stereocenters. The van der Waals surface area contributed by atoms with E-state index < -0.39 is 0 Å². The van der Waals surface area contributed by atoms with Gasteiger partial charge in [-0.2, -0.15) is 0 Å². The van der Waals surface area contributed by atoms with Crippen molar-refractivity contribution in [2.45, 2.75) is 31.3 Å². The van der Waals surface area contributed by atoms with E-state index in [-0.39, 0.29) is 5.54 Å². The molecule has 1 aliphatic carbocycles. The lowest BCUT2D eigenvalue weighted by atomic mass is 9.86. The van der Waals surface area contributed by atoms with Gasteiger partial charge in [0.05, 0.1) is 5.54 Å². The number of nitrogens with two attached hydrogens (primary N) is 1. The van der Waals surface area contributed by atoms with Crippen molar-refractivity contribution in [1.29, 1.82) is 0 Å². The van der Waals surface area contributed by atoms with E-state index in [1.165, 1.54) is 11.1 Å². The summed E-state index contributed by atoms with van der Waals surface area (Å²) in [6, 6.07) is 8.89. The first kappa shape index (κ1) is 14.0. The molecule has 1 aromatic rings. The topological polar surface area (TPSA) is 29.3 Å². The van der Waals surface area contributed by atoms with E-state index in [2.05, 4.69) is 49.2 Å². The van der Waals surface area contributed by atoms with Gasteiger partial charge in [0, 0.05) is 19.1 Å². The van der Waals surface area contributed by atoms with Gasteiger partial charge in [-0.3, -0.25) is 4.90 Å². The average Bonchev–Trinajstić information content (AvgIpc) is 2.73. The zero-order valence-corrected chi connectivity index (χ0v) is 11.8. The van der Waals surface area contributed by atoms with Gasteiger partial charge in [0.25, 0.3) is 0 Å². The van der Waals surface area contributed by atoms with Crippen LogP contribution < -0.4 is 5.73 Å². The summed E-state index contributed by atoms with van der Waals surface area (Å²) in [6.45, 7) is 11.6. The molecule has 102 valence electrons. The van der Waals surface area contributed by atoms with E-state index in [9.17, 15) is 0 Å². The Bertz CT molecular complexity index is 456. The maximum atomic E-state index is 6.77. The third-order valence-electron chi connectivity index (χ3n) is 4.28. The van der Waals surface area contributed by atoms with Crippen LogP contribution in [0.2, 0.25) is 0 Å². The van der Waals surface area contributed by atoms with Crippen LogP contribution in [0.25, 0.3) is 0 Å². The monoisotopic (exact) mass is 256 g/mol. The van der Waals surface area contributed by atoms with Crippen LogP contribution in [0.5, 0.6) is 0 Å². The van der Waals surface area contributed by atoms with Gasteiger partial charge in [0.1, 0.15) is 0 Å². The van der Waals surface area contributed by atoms with Crippen molar-refractivity contribution in [3.63, 3.8) is 0 Å². The minimum Gasteiger partial charge on any atom is -0.320 e. The standard InChI is InChI=1S/C17H24N2/c1-4-11-19(12-5-2)16-13-14-9-7-8-10-15(14)17(16,18)6-3/h4-5,7-10,16H,1-2,6,11-13,18H2,3H3. The summed E-state index contributed by atoms with van der Waals surface area (Å²) in [5.41, 5.74) is 9.19. The Morgan fingerprint density at radius 3 is 2.53 bits per heavy atom. The Balaban J connectivity index is 2.37. The fourth-order valence-electron chi connectivity index (χ4n) is 3.26. The van der Waals surface area contributed by atoms with Crippen molar-refractivity contribution in [2.75, 3.05) is 13.1 Å². The molecule has 1 aliphatic rings. The predicted molar refractivity (Wildman–Crippen MR) is 82.1 cm³/mol. The van der Waals surface area contributed by atoms with Crippen LogP contribution in [0, 0.1) is 0 Å². The molecule has 0 heterocycles. The third kappa shape index (κ3) is 2.38. The minimum atomic E-state index is -0.261. The second-order valence-electron chi connectivity index (χ2n) is 5.30. The lowest BCUT2D eigenvalue weighted by molar-refractivity contribution is 0.155. The van der Waals surface area contributed by atoms with Crippen LogP contribution in [0.15, 0.2) is 49.6 Å². The molecule has 0 saturated carbocycles. The number of hydrogen-bond acceptors (Lipinski definition) is 2. The smallest absolute Gasteiger partial charge is 0.0570 e. The van der Waals surface area contributed by atoms with Crippen molar-refractivity contribution in [3.05, 3.63) is 60.7 Å². The van der Waals surface area contributed by atoms with Gasteiger partial charge in [-0.1, -0.05) is 43.3 Å². The first-order valence-electron chi connectivity index (χ1n) is 7.00. The molecule has 0 bridgehead atoms. The van der Waals surface area contributed by atoms with E-state index in [1.807, 2.05) is 12.2 Å². The summed E-state index contributed by atoms with van der Waals surface area (Å²) < 4.78 is 0. The second kappa shape index (κ2) is 5.72. The number of hydrogen-bond donors (Lipinski definition) is 1. The van der Waals surface area contributed by atoms with Crippen molar-refractivity contribution >= 4 is 0 Å². The van der Waals surface area contributed by atoms with Crippen LogP contribution in [-0.4, -0.2) is 24.0 Å². The molecular weight excluding hydrogens is 232 g/mol. The maximum absolute atomic E-state index is 6.77. The van der Waals surface area contributed by atoms with Crippen LogP contribution >= 0.6 is 0 Å². The fraction of sp³-hybridized carbons (Fsp3) is 0.412. The molecule has 2 nitrogen and oxygen atoms in total. The molecule has 2 rings (SSSR count). The molecule has 19 heavy (non-hydrogen) atoms. The van der Waals surface area contributed by atoms with Gasteiger partial charge < -0.3 is 5.73 Å². The molecule has 0 radical (unpaired) electrons. The number of fused-ring (bicyclic) bond motifs is 1. The predicted octanol–water partition coefficient (Wildman–Crippen LogP) is 2.85. The quantitative estimate of drug-likeness (QED) is 0.793. The molecular formula is C17H24N2. The molecule has 2 heteroatoms. The van der Waals surface area contributed by atoms with Gasteiger partial charge in [0.2, 0.25) is 0 Å². The second-order valence-corrected chi connectivity index (χ2v) is 5.30. The number of rotatable bonds is 6. The molecule has 2 N–H and O–H groups in total. The Labute approximate surface area is 116 Å². The van der Waals surface area contributed by atoms with Crippen LogP contribution in [0.3, 0.4) is 0 Å². The maximum Gasteiger partial charge on any atom is 0.0570 e. The summed E-state index contributed by atoms with van der Waals surface area (Å²) in [6.07, 6.45) is 5.85. The van der Waals surface area contributed by atoms with E-state index in [0.717, 1.165) is 25.9 Å². The molecule has 0 fully saturated rings. The highest BCUT2D eigenvalue weighted by atomic mass is 15.2. The lowest BCUT2D eigenvalue weighted by Crippen LogP contribution is -2.53. The first-order chi connectivity index (χ1) is 9.17. The zero-order chi connectivity index (χ0) is 13.9. The van der Waals surface area contributed by atoms with Gasteiger partial charge in [0.15, 0.2) is 0 Å².